The van der Waals surface area contributed by atoms with Crippen molar-refractivity contribution in [2.75, 3.05) is 39.3 Å². The average Bonchev–Trinajstić information content (AvgIpc) is 2.86. The van der Waals surface area contributed by atoms with Crippen LogP contribution < -0.4 is 0 Å². The Morgan fingerprint density at radius 3 is 2.95 bits per heavy atom. The van der Waals surface area contributed by atoms with Crippen molar-refractivity contribution in [2.24, 2.45) is 0 Å². The summed E-state index contributed by atoms with van der Waals surface area (Å²) in [7, 11) is 0. The second-order valence-corrected chi connectivity index (χ2v) is 5.46. The number of aromatic amines is 1. The lowest BCUT2D eigenvalue weighted by atomic mass is 10.1. The number of aliphatic hydroxyl groups is 1. The van der Waals surface area contributed by atoms with Crippen LogP contribution in [-0.4, -0.2) is 65.1 Å². The number of aromatic nitrogens is 1. The molecular formula is C16H21N3O2. The number of rotatable bonds is 3. The summed E-state index contributed by atoms with van der Waals surface area (Å²) in [5.41, 5.74) is 1.77. The van der Waals surface area contributed by atoms with E-state index in [9.17, 15) is 4.79 Å². The van der Waals surface area contributed by atoms with Crippen LogP contribution in [0.2, 0.25) is 0 Å². The van der Waals surface area contributed by atoms with E-state index in [0.29, 0.717) is 6.54 Å². The lowest BCUT2D eigenvalue weighted by Crippen LogP contribution is -2.36. The number of nitrogens with zero attached hydrogens (tertiary/aromatic N) is 2. The lowest BCUT2D eigenvalue weighted by Gasteiger charge is -2.22. The Labute approximate surface area is 124 Å². The third-order valence-electron chi connectivity index (χ3n) is 4.12. The SMILES string of the molecule is O=C(c1cccc2[nH]ccc12)N1CCCN(CCO)CC1. The van der Waals surface area contributed by atoms with E-state index in [4.69, 9.17) is 5.11 Å². The average molecular weight is 287 g/mol. The zero-order valence-electron chi connectivity index (χ0n) is 12.1. The number of nitrogens with one attached hydrogen (secondary N) is 1. The Hall–Kier alpha value is -1.85. The second-order valence-electron chi connectivity index (χ2n) is 5.46. The molecule has 1 aromatic carbocycles. The van der Waals surface area contributed by atoms with Gasteiger partial charge in [-0.25, -0.2) is 0 Å². The molecule has 1 aliphatic heterocycles. The third kappa shape index (κ3) is 2.94. The first-order valence-electron chi connectivity index (χ1n) is 7.48. The predicted octanol–water partition coefficient (Wildman–Crippen LogP) is 1.31. The molecule has 0 atom stereocenters. The fourth-order valence-electron chi connectivity index (χ4n) is 2.98. The van der Waals surface area contributed by atoms with Crippen LogP contribution in [0.15, 0.2) is 30.5 Å². The standard InChI is InChI=1S/C16H21N3O2/c20-12-11-18-7-2-8-19(10-9-18)16(21)14-3-1-4-15-13(14)5-6-17-15/h1,3-6,17,20H,2,7-12H2. The van der Waals surface area contributed by atoms with Crippen molar-refractivity contribution in [3.8, 4) is 0 Å². The van der Waals surface area contributed by atoms with Crippen LogP contribution in [0.3, 0.4) is 0 Å². The number of carbonyl (C=O) groups is 1. The van der Waals surface area contributed by atoms with Gasteiger partial charge in [-0.05, 0) is 31.2 Å². The number of H-pyrrole nitrogens is 1. The van der Waals surface area contributed by atoms with Gasteiger partial charge in [-0.2, -0.15) is 0 Å². The topological polar surface area (TPSA) is 59.6 Å². The zero-order chi connectivity index (χ0) is 14.7. The Balaban J connectivity index is 1.77. The fourth-order valence-corrected chi connectivity index (χ4v) is 2.98. The molecule has 1 saturated heterocycles. The number of aliphatic hydroxyl groups excluding tert-OH is 1. The Bertz CT molecular complexity index is 623. The van der Waals surface area contributed by atoms with Gasteiger partial charge in [-0.3, -0.25) is 9.69 Å². The van der Waals surface area contributed by atoms with E-state index in [1.165, 1.54) is 0 Å². The zero-order valence-corrected chi connectivity index (χ0v) is 12.1. The summed E-state index contributed by atoms with van der Waals surface area (Å²) in [5, 5.41) is 10.0. The van der Waals surface area contributed by atoms with Crippen molar-refractivity contribution in [1.29, 1.82) is 0 Å². The number of amides is 1. The first kappa shape index (κ1) is 14.1. The Kier molecular flexibility index (Phi) is 4.22. The van der Waals surface area contributed by atoms with Gasteiger partial charge in [0, 0.05) is 48.8 Å². The Morgan fingerprint density at radius 2 is 2.10 bits per heavy atom. The molecule has 0 bridgehead atoms. The molecule has 0 aliphatic carbocycles. The van der Waals surface area contributed by atoms with E-state index in [-0.39, 0.29) is 12.5 Å². The summed E-state index contributed by atoms with van der Waals surface area (Å²) >= 11 is 0. The number of β-amino-alcohol motifs (C(OH)–C–C–N with tert-alkyl or cyclic N) is 1. The Morgan fingerprint density at radius 1 is 1.19 bits per heavy atom. The van der Waals surface area contributed by atoms with Crippen molar-refractivity contribution in [2.45, 2.75) is 6.42 Å². The van der Waals surface area contributed by atoms with Crippen molar-refractivity contribution in [3.63, 3.8) is 0 Å². The van der Waals surface area contributed by atoms with E-state index in [1.54, 1.807) is 0 Å². The van der Waals surface area contributed by atoms with Gasteiger partial charge in [-0.15, -0.1) is 0 Å². The highest BCUT2D eigenvalue weighted by atomic mass is 16.3. The van der Waals surface area contributed by atoms with Gasteiger partial charge in [0.1, 0.15) is 0 Å². The summed E-state index contributed by atoms with van der Waals surface area (Å²) in [6.07, 6.45) is 2.82. The normalized spacial score (nSPS) is 17.1. The van der Waals surface area contributed by atoms with Crippen molar-refractivity contribution in [1.82, 2.24) is 14.8 Å². The van der Waals surface area contributed by atoms with E-state index < -0.39 is 0 Å². The highest BCUT2D eigenvalue weighted by molar-refractivity contribution is 6.06. The monoisotopic (exact) mass is 287 g/mol. The highest BCUT2D eigenvalue weighted by Gasteiger charge is 2.21. The van der Waals surface area contributed by atoms with E-state index in [2.05, 4.69) is 9.88 Å². The van der Waals surface area contributed by atoms with Gasteiger partial charge in [0.05, 0.1) is 6.61 Å². The van der Waals surface area contributed by atoms with Gasteiger partial charge >= 0.3 is 0 Å². The van der Waals surface area contributed by atoms with Crippen LogP contribution in [0.5, 0.6) is 0 Å². The summed E-state index contributed by atoms with van der Waals surface area (Å²) in [4.78, 5) is 20.1. The summed E-state index contributed by atoms with van der Waals surface area (Å²) in [6.45, 7) is 4.14. The molecule has 3 rings (SSSR count). The molecular weight excluding hydrogens is 266 g/mol. The molecule has 0 unspecified atom stereocenters. The largest absolute Gasteiger partial charge is 0.395 e. The summed E-state index contributed by atoms with van der Waals surface area (Å²) < 4.78 is 0. The van der Waals surface area contributed by atoms with Crippen molar-refractivity contribution in [3.05, 3.63) is 36.0 Å². The molecule has 5 heteroatoms. The van der Waals surface area contributed by atoms with Crippen LogP contribution in [0.1, 0.15) is 16.8 Å². The number of carbonyl (C=O) groups excluding carboxylic acids is 1. The number of fused-ring (bicyclic) bond motifs is 1. The number of benzene rings is 1. The van der Waals surface area contributed by atoms with Gasteiger partial charge in [0.25, 0.3) is 5.91 Å². The van der Waals surface area contributed by atoms with E-state index >= 15 is 0 Å². The van der Waals surface area contributed by atoms with Crippen molar-refractivity contribution < 1.29 is 9.90 Å². The van der Waals surface area contributed by atoms with Crippen molar-refractivity contribution >= 4 is 16.8 Å². The molecule has 2 aromatic rings. The quantitative estimate of drug-likeness (QED) is 0.895. The number of hydrogen-bond acceptors (Lipinski definition) is 3. The van der Waals surface area contributed by atoms with Gasteiger partial charge in [0.2, 0.25) is 0 Å². The molecule has 112 valence electrons. The molecule has 0 radical (unpaired) electrons. The minimum Gasteiger partial charge on any atom is -0.395 e. The highest BCUT2D eigenvalue weighted by Crippen LogP contribution is 2.19. The van der Waals surface area contributed by atoms with Crippen LogP contribution in [-0.2, 0) is 0 Å². The maximum atomic E-state index is 12.8. The molecule has 2 heterocycles. The minimum atomic E-state index is 0.103. The van der Waals surface area contributed by atoms with Crippen LogP contribution in [0, 0.1) is 0 Å². The van der Waals surface area contributed by atoms with Crippen LogP contribution in [0.25, 0.3) is 10.9 Å². The van der Waals surface area contributed by atoms with E-state index in [1.807, 2.05) is 35.4 Å². The maximum Gasteiger partial charge on any atom is 0.254 e. The smallest absolute Gasteiger partial charge is 0.254 e. The molecule has 0 spiro atoms. The molecule has 0 saturated carbocycles. The lowest BCUT2D eigenvalue weighted by molar-refractivity contribution is 0.0762. The molecule has 1 aromatic heterocycles. The first-order valence-corrected chi connectivity index (χ1v) is 7.48. The van der Waals surface area contributed by atoms with Gasteiger partial charge in [-0.1, -0.05) is 6.07 Å². The van der Waals surface area contributed by atoms with Crippen LogP contribution >= 0.6 is 0 Å². The predicted molar refractivity (Wildman–Crippen MR) is 82.3 cm³/mol. The minimum absolute atomic E-state index is 0.103. The molecule has 2 N–H and O–H groups in total. The molecule has 1 amide bonds. The van der Waals surface area contributed by atoms with Gasteiger partial charge < -0.3 is 15.0 Å². The summed E-state index contributed by atoms with van der Waals surface area (Å²) in [6, 6.07) is 7.76. The molecule has 21 heavy (non-hydrogen) atoms. The summed E-state index contributed by atoms with van der Waals surface area (Å²) in [5.74, 6) is 0.103. The van der Waals surface area contributed by atoms with Gasteiger partial charge in [0.15, 0.2) is 0 Å². The third-order valence-corrected chi connectivity index (χ3v) is 4.12. The van der Waals surface area contributed by atoms with Crippen LogP contribution in [0.4, 0.5) is 0 Å². The molecule has 5 nitrogen and oxygen atoms in total. The number of hydrogen-bond donors (Lipinski definition) is 2. The fraction of sp³-hybridized carbons (Fsp3) is 0.438. The molecule has 1 fully saturated rings. The maximum absolute atomic E-state index is 12.8. The second kappa shape index (κ2) is 6.28. The molecule has 1 aliphatic rings. The first-order chi connectivity index (χ1) is 10.3. The van der Waals surface area contributed by atoms with E-state index in [0.717, 1.165) is 49.1 Å².